The van der Waals surface area contributed by atoms with Crippen LogP contribution in [0.5, 0.6) is 0 Å². The van der Waals surface area contributed by atoms with Crippen molar-refractivity contribution in [2.24, 2.45) is 28.6 Å². The zero-order valence-corrected chi connectivity index (χ0v) is 15.3. The molecule has 2 saturated carbocycles. The Labute approximate surface area is 148 Å². The Morgan fingerprint density at radius 2 is 1.92 bits per heavy atom. The summed E-state index contributed by atoms with van der Waals surface area (Å²) in [6.07, 6.45) is 7.54. The van der Waals surface area contributed by atoms with Crippen molar-refractivity contribution < 1.29 is 15.0 Å². The van der Waals surface area contributed by atoms with Gasteiger partial charge in [-0.05, 0) is 67.3 Å². The van der Waals surface area contributed by atoms with Crippen LogP contribution < -0.4 is 0 Å². The number of carbonyl (C=O) groups is 1. The van der Waals surface area contributed by atoms with Crippen LogP contribution in [0, 0.1) is 28.6 Å². The predicted molar refractivity (Wildman–Crippen MR) is 93.6 cm³/mol. The lowest BCUT2D eigenvalue weighted by atomic mass is 9.45. The van der Waals surface area contributed by atoms with Crippen LogP contribution in [0.3, 0.4) is 0 Å². The molecule has 0 spiro atoms. The van der Waals surface area contributed by atoms with Gasteiger partial charge in [0.1, 0.15) is 0 Å². The van der Waals surface area contributed by atoms with Crippen molar-refractivity contribution in [1.29, 1.82) is 0 Å². The summed E-state index contributed by atoms with van der Waals surface area (Å²) in [5.41, 5.74) is 0.809. The van der Waals surface area contributed by atoms with Crippen LogP contribution in [-0.2, 0) is 4.79 Å². The number of rotatable bonds is 0. The van der Waals surface area contributed by atoms with E-state index in [0.29, 0.717) is 29.2 Å². The monoisotopic (exact) mass is 350 g/mol. The average molecular weight is 351 g/mol. The number of aliphatic hydroxyl groups excluding tert-OH is 2. The maximum Gasteiger partial charge on any atom is 0.197 e. The van der Waals surface area contributed by atoms with Gasteiger partial charge in [-0.2, -0.15) is 0 Å². The average Bonchev–Trinajstić information content (AvgIpc) is 2.55. The molecule has 4 rings (SSSR count). The number of fused-ring (bicyclic) bond motifs is 5. The zero-order chi connectivity index (χ0) is 17.3. The first kappa shape index (κ1) is 16.7. The van der Waals surface area contributed by atoms with Gasteiger partial charge < -0.3 is 10.2 Å². The number of carbonyl (C=O) groups excluding carboxylic acids is 1. The summed E-state index contributed by atoms with van der Waals surface area (Å²) in [6, 6.07) is 0. The van der Waals surface area contributed by atoms with Crippen molar-refractivity contribution in [3.8, 4) is 0 Å². The Balaban J connectivity index is 1.73. The van der Waals surface area contributed by atoms with Crippen LogP contribution in [0.1, 0.15) is 58.8 Å². The van der Waals surface area contributed by atoms with Gasteiger partial charge in [-0.15, -0.1) is 0 Å². The van der Waals surface area contributed by atoms with Crippen molar-refractivity contribution >= 4 is 17.4 Å². The summed E-state index contributed by atoms with van der Waals surface area (Å²) in [4.78, 5) is 11.9. The highest BCUT2D eigenvalue weighted by Gasteiger charge is 2.58. The highest BCUT2D eigenvalue weighted by atomic mass is 35.5. The Kier molecular flexibility index (Phi) is 3.71. The lowest BCUT2D eigenvalue weighted by Gasteiger charge is -2.60. The molecule has 1 unspecified atom stereocenters. The summed E-state index contributed by atoms with van der Waals surface area (Å²) in [7, 11) is 0. The molecule has 132 valence electrons. The van der Waals surface area contributed by atoms with E-state index in [1.807, 2.05) is 6.08 Å². The van der Waals surface area contributed by atoms with Crippen molar-refractivity contribution in [3.05, 3.63) is 22.4 Å². The van der Waals surface area contributed by atoms with Gasteiger partial charge in [-0.3, -0.25) is 4.79 Å². The molecule has 4 heteroatoms. The molecule has 0 aliphatic heterocycles. The lowest BCUT2D eigenvalue weighted by molar-refractivity contribution is -0.124. The number of aliphatic hydroxyl groups is 2. The van der Waals surface area contributed by atoms with Crippen molar-refractivity contribution in [2.75, 3.05) is 0 Å². The highest BCUT2D eigenvalue weighted by Crippen LogP contribution is 2.64. The second-order valence-electron chi connectivity index (χ2n) is 8.86. The van der Waals surface area contributed by atoms with Crippen LogP contribution in [0.2, 0.25) is 0 Å². The fraction of sp³-hybridized carbons (Fsp3) is 0.750. The maximum absolute atomic E-state index is 11.9. The Morgan fingerprint density at radius 3 is 2.67 bits per heavy atom. The first-order valence-corrected chi connectivity index (χ1v) is 9.66. The van der Waals surface area contributed by atoms with Crippen LogP contribution in [0.25, 0.3) is 0 Å². The Bertz CT molecular complexity index is 651. The minimum absolute atomic E-state index is 0.0574. The highest BCUT2D eigenvalue weighted by molar-refractivity contribution is 6.30. The first-order chi connectivity index (χ1) is 11.3. The van der Waals surface area contributed by atoms with Gasteiger partial charge in [0, 0.05) is 16.9 Å². The fourth-order valence-electron chi connectivity index (χ4n) is 6.48. The smallest absolute Gasteiger partial charge is 0.197 e. The zero-order valence-electron chi connectivity index (χ0n) is 14.5. The van der Waals surface area contributed by atoms with Gasteiger partial charge in [0.2, 0.25) is 0 Å². The molecule has 6 atom stereocenters. The normalized spacial score (nSPS) is 48.3. The van der Waals surface area contributed by atoms with Crippen molar-refractivity contribution in [2.45, 2.75) is 64.9 Å². The van der Waals surface area contributed by atoms with Gasteiger partial charge in [-0.25, -0.2) is 0 Å². The number of hydrogen-bond acceptors (Lipinski definition) is 3. The summed E-state index contributed by atoms with van der Waals surface area (Å²) in [5, 5.41) is 21.7. The molecule has 4 aliphatic carbocycles. The molecule has 0 saturated heterocycles. The molecule has 2 N–H and O–H groups in total. The van der Waals surface area contributed by atoms with Gasteiger partial charge >= 0.3 is 0 Å². The van der Waals surface area contributed by atoms with E-state index in [2.05, 4.69) is 13.8 Å². The second kappa shape index (κ2) is 5.35. The SMILES string of the molecule is C[C@]12CCC(=O)C(O)=C1CC[C@@H]1[C@@H]2CC[C@]2(C)C(O)C(Cl)=CC[C@@H]12. The number of hydrogen-bond donors (Lipinski definition) is 2. The number of Topliss-reactive ketones (excluding diaryl/α,β-unsaturated/α-hetero) is 1. The molecule has 4 aliphatic rings. The van der Waals surface area contributed by atoms with E-state index in [1.165, 1.54) is 0 Å². The molecule has 0 aromatic heterocycles. The van der Waals surface area contributed by atoms with Crippen molar-refractivity contribution in [1.82, 2.24) is 0 Å². The summed E-state index contributed by atoms with van der Waals surface area (Å²) < 4.78 is 0. The molecule has 0 bridgehead atoms. The molecule has 0 heterocycles. The van der Waals surface area contributed by atoms with Gasteiger partial charge in [0.25, 0.3) is 0 Å². The van der Waals surface area contributed by atoms with Crippen LogP contribution >= 0.6 is 11.6 Å². The van der Waals surface area contributed by atoms with Crippen molar-refractivity contribution in [3.63, 3.8) is 0 Å². The summed E-state index contributed by atoms with van der Waals surface area (Å²) >= 11 is 6.26. The van der Waals surface area contributed by atoms with E-state index < -0.39 is 6.10 Å². The van der Waals surface area contributed by atoms with Gasteiger partial charge in [-0.1, -0.05) is 31.5 Å². The number of ketones is 1. The molecule has 2 fully saturated rings. The fourth-order valence-corrected chi connectivity index (χ4v) is 6.82. The molecule has 24 heavy (non-hydrogen) atoms. The molecular formula is C20H27ClO3. The molecule has 3 nitrogen and oxygen atoms in total. The van der Waals surface area contributed by atoms with Gasteiger partial charge in [0.05, 0.1) is 6.10 Å². The van der Waals surface area contributed by atoms with E-state index >= 15 is 0 Å². The quantitative estimate of drug-likeness (QED) is 0.676. The van der Waals surface area contributed by atoms with E-state index in [4.69, 9.17) is 11.6 Å². The molecule has 0 radical (unpaired) electrons. The number of allylic oxidation sites excluding steroid dienone is 3. The first-order valence-electron chi connectivity index (χ1n) is 9.28. The van der Waals surface area contributed by atoms with E-state index in [1.54, 1.807) is 0 Å². The number of halogens is 1. The van der Waals surface area contributed by atoms with E-state index in [-0.39, 0.29) is 22.4 Å². The molecule has 0 aromatic rings. The Morgan fingerprint density at radius 1 is 1.17 bits per heavy atom. The lowest BCUT2D eigenvalue weighted by Crippen LogP contribution is -2.55. The van der Waals surface area contributed by atoms with Crippen LogP contribution in [0.4, 0.5) is 0 Å². The largest absolute Gasteiger partial charge is 0.504 e. The summed E-state index contributed by atoms with van der Waals surface area (Å²) in [6.45, 7) is 4.45. The topological polar surface area (TPSA) is 57.5 Å². The molecular weight excluding hydrogens is 324 g/mol. The second-order valence-corrected chi connectivity index (χ2v) is 9.29. The minimum Gasteiger partial charge on any atom is -0.504 e. The maximum atomic E-state index is 11.9. The van der Waals surface area contributed by atoms with E-state index in [9.17, 15) is 15.0 Å². The summed E-state index contributed by atoms with van der Waals surface area (Å²) in [5.74, 6) is 1.44. The standard InChI is InChI=1S/C20H27ClO3/c1-19-10-8-16(22)17(23)14(19)4-3-11-12-5-6-15(21)18(24)20(12,2)9-7-13(11)19/h6,11-13,18,23-24H,3-5,7-10H2,1-2H3/t11-,12-,13-,18?,19+,20-/m0/s1. The minimum atomic E-state index is -0.551. The van der Waals surface area contributed by atoms with Crippen LogP contribution in [0.15, 0.2) is 22.4 Å². The van der Waals surface area contributed by atoms with Gasteiger partial charge in [0.15, 0.2) is 11.5 Å². The van der Waals surface area contributed by atoms with Crippen LogP contribution in [-0.4, -0.2) is 22.1 Å². The Hall–Kier alpha value is -0.800. The third kappa shape index (κ3) is 2.03. The van der Waals surface area contributed by atoms with E-state index in [0.717, 1.165) is 44.1 Å². The third-order valence-corrected chi connectivity index (χ3v) is 8.35. The third-order valence-electron chi connectivity index (χ3n) is 7.98. The molecule has 0 aromatic carbocycles. The predicted octanol–water partition coefficient (Wildman–Crippen LogP) is 4.50. The molecule has 0 amide bonds.